The van der Waals surface area contributed by atoms with Crippen LogP contribution in [-0.4, -0.2) is 58.3 Å². The maximum atomic E-state index is 12.5. The van der Waals surface area contributed by atoms with Gasteiger partial charge in [-0.2, -0.15) is 13.2 Å². The summed E-state index contributed by atoms with van der Waals surface area (Å²) in [7, 11) is 0. The molecule has 5 nitrogen and oxygen atoms in total. The summed E-state index contributed by atoms with van der Waals surface area (Å²) >= 11 is 0. The Kier molecular flexibility index (Phi) is 6.81. The normalized spacial score (nSPS) is 11.8. The van der Waals surface area contributed by atoms with Crippen LogP contribution in [-0.2, 0) is 4.79 Å². The Labute approximate surface area is 116 Å². The molecule has 0 aliphatic heterocycles. The molecule has 0 atom stereocenters. The van der Waals surface area contributed by atoms with Gasteiger partial charge >= 0.3 is 18.2 Å². The van der Waals surface area contributed by atoms with E-state index in [0.717, 1.165) is 4.90 Å². The van der Waals surface area contributed by atoms with E-state index >= 15 is 0 Å². The number of urea groups is 1. The van der Waals surface area contributed by atoms with Gasteiger partial charge in [0.1, 0.15) is 6.54 Å². The third-order valence-electron chi connectivity index (χ3n) is 2.65. The Hall–Kier alpha value is -1.47. The van der Waals surface area contributed by atoms with Gasteiger partial charge in [0.05, 0.1) is 6.42 Å². The summed E-state index contributed by atoms with van der Waals surface area (Å²) in [6, 6.07) is -1.81. The lowest BCUT2D eigenvalue weighted by Gasteiger charge is -2.35. The fourth-order valence-electron chi connectivity index (χ4n) is 1.62. The van der Waals surface area contributed by atoms with Crippen LogP contribution < -0.4 is 0 Å². The number of carboxylic acid groups (broad SMARTS) is 1. The quantitative estimate of drug-likeness (QED) is 0.820. The van der Waals surface area contributed by atoms with E-state index in [9.17, 15) is 22.8 Å². The topological polar surface area (TPSA) is 60.9 Å². The van der Waals surface area contributed by atoms with Gasteiger partial charge in [-0.3, -0.25) is 4.79 Å². The van der Waals surface area contributed by atoms with Gasteiger partial charge in [0.25, 0.3) is 0 Å². The number of hydrogen-bond donors (Lipinski definition) is 1. The van der Waals surface area contributed by atoms with Crippen molar-refractivity contribution in [2.75, 3.05) is 13.1 Å². The molecule has 0 radical (unpaired) electrons. The Bertz CT molecular complexity index is 343. The van der Waals surface area contributed by atoms with Crippen molar-refractivity contribution in [1.29, 1.82) is 0 Å². The second kappa shape index (κ2) is 7.35. The first-order valence-electron chi connectivity index (χ1n) is 6.31. The van der Waals surface area contributed by atoms with Gasteiger partial charge in [0.15, 0.2) is 0 Å². The molecule has 0 heterocycles. The molecule has 0 unspecified atom stereocenters. The molecule has 0 aromatic rings. The number of hydrogen-bond acceptors (Lipinski definition) is 2. The first-order valence-corrected chi connectivity index (χ1v) is 6.31. The molecule has 20 heavy (non-hydrogen) atoms. The van der Waals surface area contributed by atoms with E-state index in [2.05, 4.69) is 0 Å². The van der Waals surface area contributed by atoms with E-state index < -0.39 is 30.8 Å². The molecule has 0 aromatic heterocycles. The van der Waals surface area contributed by atoms with Gasteiger partial charge in [-0.25, -0.2) is 4.79 Å². The minimum absolute atomic E-state index is 0.118. The van der Waals surface area contributed by atoms with Crippen LogP contribution in [0.1, 0.15) is 34.1 Å². The Balaban J connectivity index is 5.02. The number of nitrogens with zero attached hydrogens (tertiary/aromatic N) is 2. The largest absolute Gasteiger partial charge is 0.481 e. The molecule has 0 aromatic carbocycles. The van der Waals surface area contributed by atoms with Gasteiger partial charge in [-0.05, 0) is 27.7 Å². The summed E-state index contributed by atoms with van der Waals surface area (Å²) < 4.78 is 37.5. The van der Waals surface area contributed by atoms with Crippen LogP contribution in [0.3, 0.4) is 0 Å². The molecule has 0 fully saturated rings. The highest BCUT2D eigenvalue weighted by atomic mass is 19.4. The number of carboxylic acids is 1. The summed E-state index contributed by atoms with van der Waals surface area (Å²) in [6.07, 6.45) is -4.79. The van der Waals surface area contributed by atoms with Crippen molar-refractivity contribution in [2.24, 2.45) is 0 Å². The van der Waals surface area contributed by atoms with Crippen molar-refractivity contribution in [3.05, 3.63) is 0 Å². The van der Waals surface area contributed by atoms with Gasteiger partial charge in [-0.1, -0.05) is 0 Å². The predicted molar refractivity (Wildman–Crippen MR) is 67.4 cm³/mol. The lowest BCUT2D eigenvalue weighted by atomic mass is 10.2. The lowest BCUT2D eigenvalue weighted by molar-refractivity contribution is -0.145. The SMILES string of the molecule is CC(C)N(CCC(=O)O)C(=O)N(CC(F)(F)F)C(C)C. The number of carbonyl (C=O) groups excluding carboxylic acids is 1. The number of carbonyl (C=O) groups is 2. The highest BCUT2D eigenvalue weighted by Crippen LogP contribution is 2.20. The van der Waals surface area contributed by atoms with E-state index in [-0.39, 0.29) is 19.0 Å². The van der Waals surface area contributed by atoms with E-state index in [4.69, 9.17) is 5.11 Å². The highest BCUT2D eigenvalue weighted by Gasteiger charge is 2.36. The molecule has 118 valence electrons. The lowest BCUT2D eigenvalue weighted by Crippen LogP contribution is -2.52. The summed E-state index contributed by atoms with van der Waals surface area (Å²) in [6.45, 7) is 4.77. The van der Waals surface area contributed by atoms with Crippen LogP contribution >= 0.6 is 0 Å². The van der Waals surface area contributed by atoms with Gasteiger partial charge < -0.3 is 14.9 Å². The first-order chi connectivity index (χ1) is 8.95. The van der Waals surface area contributed by atoms with Crippen molar-refractivity contribution in [3.8, 4) is 0 Å². The van der Waals surface area contributed by atoms with Crippen molar-refractivity contribution in [3.63, 3.8) is 0 Å². The standard InChI is InChI=1S/C12H21F3N2O3/c1-8(2)16(6-5-10(18)19)11(20)17(9(3)4)7-12(13,14)15/h8-9H,5-7H2,1-4H3,(H,18,19). The molecule has 0 aliphatic rings. The molecule has 8 heteroatoms. The number of amides is 2. The first kappa shape index (κ1) is 18.5. The predicted octanol–water partition coefficient (Wildman–Crippen LogP) is 2.56. The van der Waals surface area contributed by atoms with E-state index in [1.165, 1.54) is 13.8 Å². The summed E-state index contributed by atoms with van der Waals surface area (Å²) in [5, 5.41) is 8.63. The molecule has 0 saturated carbocycles. The summed E-state index contributed by atoms with van der Waals surface area (Å²) in [5.41, 5.74) is 0. The van der Waals surface area contributed by atoms with E-state index in [1.807, 2.05) is 0 Å². The molecule has 0 saturated heterocycles. The monoisotopic (exact) mass is 298 g/mol. The van der Waals surface area contributed by atoms with Crippen molar-refractivity contribution >= 4 is 12.0 Å². The zero-order valence-corrected chi connectivity index (χ0v) is 12.1. The second-order valence-electron chi connectivity index (χ2n) is 5.05. The maximum Gasteiger partial charge on any atom is 0.406 e. The third kappa shape index (κ3) is 6.63. The molecule has 0 aliphatic carbocycles. The molecule has 2 amide bonds. The summed E-state index contributed by atoms with van der Waals surface area (Å²) in [4.78, 5) is 24.6. The second-order valence-corrected chi connectivity index (χ2v) is 5.05. The smallest absolute Gasteiger partial charge is 0.406 e. The Morgan fingerprint density at radius 2 is 1.50 bits per heavy atom. The molecule has 0 bridgehead atoms. The van der Waals surface area contributed by atoms with Crippen LogP contribution in [0, 0.1) is 0 Å². The summed E-state index contributed by atoms with van der Waals surface area (Å²) in [5.74, 6) is -1.10. The van der Waals surface area contributed by atoms with Crippen LogP contribution in [0.25, 0.3) is 0 Å². The molecular formula is C12H21F3N2O3. The van der Waals surface area contributed by atoms with Crippen LogP contribution in [0.4, 0.5) is 18.0 Å². The number of halogens is 3. The average molecular weight is 298 g/mol. The van der Waals surface area contributed by atoms with Crippen molar-refractivity contribution in [2.45, 2.75) is 52.4 Å². The van der Waals surface area contributed by atoms with Gasteiger partial charge in [0.2, 0.25) is 0 Å². The molecule has 0 spiro atoms. The molecule has 0 rings (SSSR count). The number of rotatable bonds is 6. The zero-order chi connectivity index (χ0) is 16.1. The zero-order valence-electron chi connectivity index (χ0n) is 12.1. The maximum absolute atomic E-state index is 12.5. The van der Waals surface area contributed by atoms with Crippen LogP contribution in [0.2, 0.25) is 0 Å². The van der Waals surface area contributed by atoms with Gasteiger partial charge in [-0.15, -0.1) is 0 Å². The molecule has 1 N–H and O–H groups in total. The average Bonchev–Trinajstić information content (AvgIpc) is 2.23. The third-order valence-corrected chi connectivity index (χ3v) is 2.65. The van der Waals surface area contributed by atoms with Gasteiger partial charge in [0, 0.05) is 18.6 Å². The van der Waals surface area contributed by atoms with Crippen LogP contribution in [0.5, 0.6) is 0 Å². The van der Waals surface area contributed by atoms with E-state index in [0.29, 0.717) is 4.90 Å². The minimum atomic E-state index is -4.49. The van der Waals surface area contributed by atoms with E-state index in [1.54, 1.807) is 13.8 Å². The fourth-order valence-corrected chi connectivity index (χ4v) is 1.62. The number of aliphatic carboxylic acids is 1. The number of alkyl halides is 3. The molecular weight excluding hydrogens is 277 g/mol. The highest BCUT2D eigenvalue weighted by molar-refractivity contribution is 5.76. The van der Waals surface area contributed by atoms with Crippen molar-refractivity contribution in [1.82, 2.24) is 9.80 Å². The van der Waals surface area contributed by atoms with Crippen LogP contribution in [0.15, 0.2) is 0 Å². The van der Waals surface area contributed by atoms with Crippen molar-refractivity contribution < 1.29 is 27.9 Å². The Morgan fingerprint density at radius 1 is 1.05 bits per heavy atom. The fraction of sp³-hybridized carbons (Fsp3) is 0.833. The minimum Gasteiger partial charge on any atom is -0.481 e. The Morgan fingerprint density at radius 3 is 1.80 bits per heavy atom.